The minimum Gasteiger partial charge on any atom is -0.465 e. The second kappa shape index (κ2) is 7.24. The fraction of sp³-hybridized carbons (Fsp3) is 0.562. The summed E-state index contributed by atoms with van der Waals surface area (Å²) in [5.74, 6) is -1.23. The van der Waals surface area contributed by atoms with Gasteiger partial charge in [-0.3, -0.25) is 14.4 Å². The highest BCUT2D eigenvalue weighted by atomic mass is 16.6. The monoisotopic (exact) mass is 308 g/mol. The van der Waals surface area contributed by atoms with Gasteiger partial charge in [-0.25, -0.2) is 0 Å². The van der Waals surface area contributed by atoms with Crippen LogP contribution in [0, 0.1) is 5.92 Å². The Kier molecular flexibility index (Phi) is 5.35. The normalized spacial score (nSPS) is 13.9. The van der Waals surface area contributed by atoms with E-state index in [1.165, 1.54) is 0 Å². The number of carbonyl (C=O) groups is 3. The molecule has 0 radical (unpaired) electrons. The van der Waals surface area contributed by atoms with E-state index in [4.69, 9.17) is 13.9 Å². The quantitative estimate of drug-likeness (QED) is 0.591. The van der Waals surface area contributed by atoms with Crippen LogP contribution < -0.4 is 0 Å². The Bertz CT molecular complexity index is 553. The van der Waals surface area contributed by atoms with Crippen LogP contribution in [0.25, 0.3) is 0 Å². The average Bonchev–Trinajstić information content (AvgIpc) is 2.89. The molecule has 2 rings (SSSR count). The van der Waals surface area contributed by atoms with Gasteiger partial charge in [-0.05, 0) is 26.3 Å². The molecule has 0 aromatic carbocycles. The van der Waals surface area contributed by atoms with Crippen molar-refractivity contribution in [2.75, 3.05) is 13.2 Å². The summed E-state index contributed by atoms with van der Waals surface area (Å²) in [6, 6.07) is 1.63. The lowest BCUT2D eigenvalue weighted by Gasteiger charge is -2.13. The lowest BCUT2D eigenvalue weighted by Crippen LogP contribution is -2.29. The molecule has 6 nitrogen and oxygen atoms in total. The molecule has 0 unspecified atom stereocenters. The zero-order valence-corrected chi connectivity index (χ0v) is 12.8. The summed E-state index contributed by atoms with van der Waals surface area (Å²) in [6.07, 6.45) is 2.01. The van der Waals surface area contributed by atoms with Crippen molar-refractivity contribution in [3.63, 3.8) is 0 Å². The van der Waals surface area contributed by atoms with E-state index < -0.39 is 17.9 Å². The van der Waals surface area contributed by atoms with Gasteiger partial charge >= 0.3 is 11.9 Å². The van der Waals surface area contributed by atoms with Crippen molar-refractivity contribution in [1.82, 2.24) is 0 Å². The number of carbonyl (C=O) groups excluding carboxylic acids is 3. The molecule has 0 spiro atoms. The van der Waals surface area contributed by atoms with Crippen molar-refractivity contribution in [2.24, 2.45) is 5.92 Å². The van der Waals surface area contributed by atoms with Crippen LogP contribution in [0.3, 0.4) is 0 Å². The topological polar surface area (TPSA) is 82.8 Å². The van der Waals surface area contributed by atoms with Crippen LogP contribution in [0.15, 0.2) is 10.5 Å². The molecule has 0 fully saturated rings. The van der Waals surface area contributed by atoms with Gasteiger partial charge in [-0.15, -0.1) is 0 Å². The first-order valence-corrected chi connectivity index (χ1v) is 7.54. The number of esters is 2. The molecule has 0 saturated carbocycles. The molecule has 120 valence electrons. The van der Waals surface area contributed by atoms with Gasteiger partial charge in [0.25, 0.3) is 0 Å². The molecule has 1 aliphatic rings. The van der Waals surface area contributed by atoms with E-state index in [0.717, 1.165) is 6.42 Å². The van der Waals surface area contributed by atoms with Crippen molar-refractivity contribution in [3.8, 4) is 0 Å². The highest BCUT2D eigenvalue weighted by Crippen LogP contribution is 2.26. The van der Waals surface area contributed by atoms with Crippen LogP contribution in [-0.4, -0.2) is 30.9 Å². The fourth-order valence-corrected chi connectivity index (χ4v) is 2.50. The first-order valence-electron chi connectivity index (χ1n) is 7.54. The summed E-state index contributed by atoms with van der Waals surface area (Å²) < 4.78 is 15.5. The van der Waals surface area contributed by atoms with Crippen LogP contribution in [0.1, 0.15) is 48.6 Å². The highest BCUT2D eigenvalue weighted by molar-refractivity contribution is 5.98. The summed E-state index contributed by atoms with van der Waals surface area (Å²) in [4.78, 5) is 35.7. The van der Waals surface area contributed by atoms with E-state index in [0.29, 0.717) is 29.9 Å². The average molecular weight is 308 g/mol. The number of furan rings is 1. The third-order valence-electron chi connectivity index (χ3n) is 3.52. The molecule has 0 N–H and O–H groups in total. The Labute approximate surface area is 128 Å². The molecular weight excluding hydrogens is 288 g/mol. The number of rotatable bonds is 6. The third-order valence-corrected chi connectivity index (χ3v) is 3.52. The molecule has 1 aliphatic carbocycles. The van der Waals surface area contributed by atoms with Gasteiger partial charge in [0.15, 0.2) is 11.7 Å². The van der Waals surface area contributed by atoms with E-state index in [1.807, 2.05) is 0 Å². The molecule has 6 heteroatoms. The number of Topliss-reactive ketones (excluding diaryl/α,β-unsaturated/α-hetero) is 1. The van der Waals surface area contributed by atoms with Gasteiger partial charge in [0, 0.05) is 19.3 Å². The van der Waals surface area contributed by atoms with Gasteiger partial charge in [-0.1, -0.05) is 0 Å². The number of ether oxygens (including phenoxy) is 2. The van der Waals surface area contributed by atoms with E-state index in [-0.39, 0.29) is 25.4 Å². The minimum atomic E-state index is -1.07. The maximum atomic E-state index is 11.9. The Morgan fingerprint density at radius 2 is 1.82 bits per heavy atom. The van der Waals surface area contributed by atoms with Gasteiger partial charge in [0.1, 0.15) is 11.5 Å². The maximum absolute atomic E-state index is 11.9. The lowest BCUT2D eigenvalue weighted by atomic mass is 9.96. The molecule has 1 aromatic heterocycles. The first kappa shape index (κ1) is 16.3. The minimum absolute atomic E-state index is 0.0396. The highest BCUT2D eigenvalue weighted by Gasteiger charge is 2.32. The second-order valence-corrected chi connectivity index (χ2v) is 5.09. The molecule has 0 amide bonds. The second-order valence-electron chi connectivity index (χ2n) is 5.09. The number of ketones is 1. The van der Waals surface area contributed by atoms with Crippen LogP contribution in [0.2, 0.25) is 0 Å². The van der Waals surface area contributed by atoms with Crippen molar-refractivity contribution in [3.05, 3.63) is 23.2 Å². The van der Waals surface area contributed by atoms with E-state index in [2.05, 4.69) is 0 Å². The number of fused-ring (bicyclic) bond motifs is 1. The molecule has 1 aromatic rings. The Hall–Kier alpha value is -2.11. The van der Waals surface area contributed by atoms with Crippen LogP contribution >= 0.6 is 0 Å². The van der Waals surface area contributed by atoms with Crippen LogP contribution in [-0.2, 0) is 31.9 Å². The van der Waals surface area contributed by atoms with Gasteiger partial charge in [0.05, 0.1) is 18.8 Å². The molecule has 0 aliphatic heterocycles. The van der Waals surface area contributed by atoms with Crippen molar-refractivity contribution < 1.29 is 28.3 Å². The first-order chi connectivity index (χ1) is 10.6. The third kappa shape index (κ3) is 3.55. The summed E-state index contributed by atoms with van der Waals surface area (Å²) in [5, 5.41) is 0. The van der Waals surface area contributed by atoms with Gasteiger partial charge in [-0.2, -0.15) is 0 Å². The van der Waals surface area contributed by atoms with Gasteiger partial charge < -0.3 is 13.9 Å². The number of aryl methyl sites for hydroxylation is 1. The maximum Gasteiger partial charge on any atom is 0.320 e. The molecule has 22 heavy (non-hydrogen) atoms. The van der Waals surface area contributed by atoms with Crippen molar-refractivity contribution in [2.45, 2.75) is 39.5 Å². The number of hydrogen-bond acceptors (Lipinski definition) is 6. The van der Waals surface area contributed by atoms with Crippen molar-refractivity contribution in [1.29, 1.82) is 0 Å². The zero-order valence-electron chi connectivity index (χ0n) is 12.8. The van der Waals surface area contributed by atoms with Crippen LogP contribution in [0.4, 0.5) is 0 Å². The number of hydrogen-bond donors (Lipinski definition) is 0. The zero-order chi connectivity index (χ0) is 16.1. The molecular formula is C16H20O6. The largest absolute Gasteiger partial charge is 0.465 e. The SMILES string of the molecule is CCOC(=O)C(Cc1cc2c(o1)CCCC2=O)C(=O)OCC. The summed E-state index contributed by atoms with van der Waals surface area (Å²) in [6.45, 7) is 3.71. The standard InChI is InChI=1S/C16H20O6/c1-3-20-15(18)12(16(19)21-4-2)9-10-8-11-13(17)6-5-7-14(11)22-10/h8,12H,3-7,9H2,1-2H3. The predicted molar refractivity (Wildman–Crippen MR) is 76.4 cm³/mol. The lowest BCUT2D eigenvalue weighted by molar-refractivity contribution is -0.161. The smallest absolute Gasteiger partial charge is 0.320 e. The van der Waals surface area contributed by atoms with E-state index in [9.17, 15) is 14.4 Å². The predicted octanol–water partition coefficient (Wildman–Crippen LogP) is 2.08. The Morgan fingerprint density at radius 1 is 1.18 bits per heavy atom. The molecule has 0 saturated heterocycles. The van der Waals surface area contributed by atoms with Gasteiger partial charge in [0.2, 0.25) is 0 Å². The summed E-state index contributed by atoms with van der Waals surface area (Å²) >= 11 is 0. The summed E-state index contributed by atoms with van der Waals surface area (Å²) in [5.41, 5.74) is 0.563. The van der Waals surface area contributed by atoms with Crippen LogP contribution in [0.5, 0.6) is 0 Å². The van der Waals surface area contributed by atoms with Crippen molar-refractivity contribution >= 4 is 17.7 Å². The fourth-order valence-electron chi connectivity index (χ4n) is 2.50. The molecule has 1 heterocycles. The molecule has 0 atom stereocenters. The Balaban J connectivity index is 2.17. The summed E-state index contributed by atoms with van der Waals surface area (Å²) in [7, 11) is 0. The molecule has 0 bridgehead atoms. The van der Waals surface area contributed by atoms with E-state index >= 15 is 0 Å². The van der Waals surface area contributed by atoms with E-state index in [1.54, 1.807) is 19.9 Å². The Morgan fingerprint density at radius 3 is 2.36 bits per heavy atom.